The van der Waals surface area contributed by atoms with E-state index in [0.717, 1.165) is 6.42 Å². The van der Waals surface area contributed by atoms with Gasteiger partial charge >= 0.3 is 0 Å². The van der Waals surface area contributed by atoms with Gasteiger partial charge in [-0.05, 0) is 19.3 Å². The van der Waals surface area contributed by atoms with Crippen LogP contribution < -0.4 is 0 Å². The molecule has 2 heterocycles. The summed E-state index contributed by atoms with van der Waals surface area (Å²) in [7, 11) is 0. The maximum atomic E-state index is 8.81. The lowest BCUT2D eigenvalue weighted by atomic mass is 9.90. The smallest absolute Gasteiger partial charge is 0.0630 e. The van der Waals surface area contributed by atoms with Crippen molar-refractivity contribution in [3.63, 3.8) is 0 Å². The average molecular weight is 128 g/mol. The van der Waals surface area contributed by atoms with Gasteiger partial charge in [-0.2, -0.15) is 0 Å². The van der Waals surface area contributed by atoms with Crippen LogP contribution in [0.25, 0.3) is 0 Å². The monoisotopic (exact) mass is 128 g/mol. The molecule has 0 aromatic carbocycles. The number of aliphatic hydroxyl groups is 1. The molecule has 3 atom stereocenters. The first-order chi connectivity index (χ1) is 4.40. The summed E-state index contributed by atoms with van der Waals surface area (Å²) in [4.78, 5) is 0. The summed E-state index contributed by atoms with van der Waals surface area (Å²) in [6, 6.07) is 0. The fourth-order valence-electron chi connectivity index (χ4n) is 1.94. The number of fused-ring (bicyclic) bond motifs is 2. The maximum absolute atomic E-state index is 8.81. The molecule has 0 saturated carbocycles. The zero-order valence-electron chi connectivity index (χ0n) is 5.42. The van der Waals surface area contributed by atoms with Gasteiger partial charge in [0.2, 0.25) is 0 Å². The molecule has 2 heteroatoms. The topological polar surface area (TPSA) is 29.5 Å². The molecule has 52 valence electrons. The fourth-order valence-corrected chi connectivity index (χ4v) is 1.94. The largest absolute Gasteiger partial charge is 0.396 e. The Kier molecular flexibility index (Phi) is 1.24. The molecule has 1 N–H and O–H groups in total. The van der Waals surface area contributed by atoms with Crippen molar-refractivity contribution in [2.45, 2.75) is 31.5 Å². The van der Waals surface area contributed by atoms with Gasteiger partial charge in [0.1, 0.15) is 0 Å². The minimum atomic E-state index is 0.321. The molecular weight excluding hydrogens is 116 g/mol. The summed E-state index contributed by atoms with van der Waals surface area (Å²) in [5, 5.41) is 8.81. The van der Waals surface area contributed by atoms with E-state index in [-0.39, 0.29) is 0 Å². The first kappa shape index (κ1) is 5.69. The molecule has 2 saturated heterocycles. The van der Waals surface area contributed by atoms with E-state index >= 15 is 0 Å². The van der Waals surface area contributed by atoms with E-state index in [9.17, 15) is 0 Å². The Bertz CT molecular complexity index is 113. The number of aliphatic hydroxyl groups excluding tert-OH is 1. The fraction of sp³-hybridized carbons (Fsp3) is 1.00. The highest BCUT2D eigenvalue weighted by Crippen LogP contribution is 2.38. The van der Waals surface area contributed by atoms with Gasteiger partial charge in [0, 0.05) is 12.5 Å². The molecule has 2 nitrogen and oxygen atoms in total. The molecule has 0 amide bonds. The van der Waals surface area contributed by atoms with E-state index < -0.39 is 0 Å². The molecule has 0 aromatic rings. The van der Waals surface area contributed by atoms with Gasteiger partial charge in [0.05, 0.1) is 12.2 Å². The van der Waals surface area contributed by atoms with Gasteiger partial charge in [-0.15, -0.1) is 0 Å². The lowest BCUT2D eigenvalue weighted by molar-refractivity contribution is 0.0795. The Morgan fingerprint density at radius 1 is 1.44 bits per heavy atom. The van der Waals surface area contributed by atoms with E-state index in [2.05, 4.69) is 0 Å². The van der Waals surface area contributed by atoms with Crippen LogP contribution in [0.3, 0.4) is 0 Å². The third-order valence-electron chi connectivity index (χ3n) is 2.47. The third kappa shape index (κ3) is 0.775. The van der Waals surface area contributed by atoms with Crippen molar-refractivity contribution < 1.29 is 9.84 Å². The highest BCUT2D eigenvalue weighted by molar-refractivity contribution is 4.88. The Balaban J connectivity index is 2.01. The van der Waals surface area contributed by atoms with Crippen LogP contribution in [0.15, 0.2) is 0 Å². The predicted octanol–water partition coefficient (Wildman–Crippen LogP) is 0.546. The van der Waals surface area contributed by atoms with Crippen LogP contribution in [0.1, 0.15) is 19.3 Å². The summed E-state index contributed by atoms with van der Waals surface area (Å²) < 4.78 is 5.52. The highest BCUT2D eigenvalue weighted by Gasteiger charge is 2.39. The third-order valence-corrected chi connectivity index (χ3v) is 2.47. The SMILES string of the molecule is OC[C@@H]1C[C@H]2CC[C@@H]1O2. The summed E-state index contributed by atoms with van der Waals surface area (Å²) in [5.41, 5.74) is 0. The van der Waals surface area contributed by atoms with Crippen molar-refractivity contribution in [2.24, 2.45) is 5.92 Å². The van der Waals surface area contributed by atoms with Crippen molar-refractivity contribution in [3.05, 3.63) is 0 Å². The second kappa shape index (κ2) is 1.96. The molecule has 0 spiro atoms. The number of hydrogen-bond acceptors (Lipinski definition) is 2. The number of ether oxygens (including phenoxy) is 1. The van der Waals surface area contributed by atoms with E-state index in [1.165, 1.54) is 12.8 Å². The quantitative estimate of drug-likeness (QED) is 0.558. The molecule has 2 rings (SSSR count). The van der Waals surface area contributed by atoms with Crippen LogP contribution in [0.5, 0.6) is 0 Å². The van der Waals surface area contributed by atoms with Crippen molar-refractivity contribution in [2.75, 3.05) is 6.61 Å². The molecule has 2 bridgehead atoms. The minimum absolute atomic E-state index is 0.321. The minimum Gasteiger partial charge on any atom is -0.396 e. The van der Waals surface area contributed by atoms with Gasteiger partial charge in [0.25, 0.3) is 0 Å². The Morgan fingerprint density at radius 3 is 2.67 bits per heavy atom. The van der Waals surface area contributed by atoms with Crippen LogP contribution in [-0.4, -0.2) is 23.9 Å². The van der Waals surface area contributed by atoms with Crippen molar-refractivity contribution in [1.82, 2.24) is 0 Å². The van der Waals surface area contributed by atoms with Gasteiger partial charge in [0.15, 0.2) is 0 Å². The Labute approximate surface area is 54.8 Å². The second-order valence-electron chi connectivity index (χ2n) is 3.05. The Hall–Kier alpha value is -0.0800. The Morgan fingerprint density at radius 2 is 2.33 bits per heavy atom. The lowest BCUT2D eigenvalue weighted by Crippen LogP contribution is -2.19. The summed E-state index contributed by atoms with van der Waals surface area (Å²) in [6.45, 7) is 0.321. The van der Waals surface area contributed by atoms with Crippen LogP contribution >= 0.6 is 0 Å². The van der Waals surface area contributed by atoms with Gasteiger partial charge in [-0.25, -0.2) is 0 Å². The van der Waals surface area contributed by atoms with Crippen LogP contribution in [0.4, 0.5) is 0 Å². The normalized spacial score (nSPS) is 48.3. The zero-order chi connectivity index (χ0) is 6.27. The summed E-state index contributed by atoms with van der Waals surface area (Å²) in [5.74, 6) is 0.462. The molecule has 0 radical (unpaired) electrons. The zero-order valence-corrected chi connectivity index (χ0v) is 5.42. The summed E-state index contributed by atoms with van der Waals surface area (Å²) >= 11 is 0. The van der Waals surface area contributed by atoms with E-state index in [1.807, 2.05) is 0 Å². The van der Waals surface area contributed by atoms with Crippen molar-refractivity contribution >= 4 is 0 Å². The molecule has 0 aromatic heterocycles. The average Bonchev–Trinajstić information content (AvgIpc) is 2.45. The van der Waals surface area contributed by atoms with Crippen LogP contribution in [-0.2, 0) is 4.74 Å². The first-order valence-corrected chi connectivity index (χ1v) is 3.66. The molecule has 2 aliphatic heterocycles. The van der Waals surface area contributed by atoms with Crippen molar-refractivity contribution in [1.29, 1.82) is 0 Å². The number of rotatable bonds is 1. The van der Waals surface area contributed by atoms with E-state index in [1.54, 1.807) is 0 Å². The maximum Gasteiger partial charge on any atom is 0.0630 e. The first-order valence-electron chi connectivity index (χ1n) is 3.66. The van der Waals surface area contributed by atoms with Gasteiger partial charge < -0.3 is 9.84 Å². The summed E-state index contributed by atoms with van der Waals surface area (Å²) in [6.07, 6.45) is 4.39. The van der Waals surface area contributed by atoms with Crippen LogP contribution in [0, 0.1) is 5.92 Å². The highest BCUT2D eigenvalue weighted by atomic mass is 16.5. The lowest BCUT2D eigenvalue weighted by Gasteiger charge is -2.14. The van der Waals surface area contributed by atoms with E-state index in [0.29, 0.717) is 24.7 Å². The molecule has 0 aliphatic carbocycles. The van der Waals surface area contributed by atoms with Crippen LogP contribution in [0.2, 0.25) is 0 Å². The molecule has 9 heavy (non-hydrogen) atoms. The predicted molar refractivity (Wildman–Crippen MR) is 33.1 cm³/mol. The number of hydrogen-bond donors (Lipinski definition) is 1. The second-order valence-corrected chi connectivity index (χ2v) is 3.05. The molecule has 2 fully saturated rings. The van der Waals surface area contributed by atoms with Gasteiger partial charge in [-0.1, -0.05) is 0 Å². The molecule has 2 aliphatic rings. The van der Waals surface area contributed by atoms with Crippen molar-refractivity contribution in [3.8, 4) is 0 Å². The van der Waals surface area contributed by atoms with E-state index in [4.69, 9.17) is 9.84 Å². The molecule has 0 unspecified atom stereocenters. The standard InChI is InChI=1S/C7H12O2/c8-4-5-3-6-1-2-7(5)9-6/h5-8H,1-4H2/t5-,6+,7-/m0/s1. The van der Waals surface area contributed by atoms with Gasteiger partial charge in [-0.3, -0.25) is 0 Å². The molecular formula is C7H12O2.